The molecule has 26 heavy (non-hydrogen) atoms. The number of amides is 2. The van der Waals surface area contributed by atoms with Crippen molar-refractivity contribution >= 4 is 11.8 Å². The first kappa shape index (κ1) is 18.1. The molecule has 0 spiro atoms. The van der Waals surface area contributed by atoms with Gasteiger partial charge in [-0.3, -0.25) is 9.59 Å². The quantitative estimate of drug-likeness (QED) is 0.713. The highest BCUT2D eigenvalue weighted by atomic mass is 16.2. The molecule has 0 radical (unpaired) electrons. The molecule has 1 aliphatic rings. The van der Waals surface area contributed by atoms with Crippen LogP contribution in [0.25, 0.3) is 0 Å². The van der Waals surface area contributed by atoms with E-state index < -0.39 is 0 Å². The van der Waals surface area contributed by atoms with Crippen molar-refractivity contribution in [2.75, 3.05) is 19.6 Å². The van der Waals surface area contributed by atoms with Gasteiger partial charge in [0.15, 0.2) is 5.69 Å². The predicted octanol–water partition coefficient (Wildman–Crippen LogP) is 0.882. The van der Waals surface area contributed by atoms with Gasteiger partial charge >= 0.3 is 0 Å². The standard InChI is InChI=1S/C18H24N6O2/c1-2-20-17(25)14-5-3-13(4-6-14)11-21-18(26)16-12-24(23-22-16)15-7-9-19-10-8-15/h3-6,12,15,19H,2,7-11H2,1H3,(H,20,25)(H,21,26). The molecular weight excluding hydrogens is 332 g/mol. The summed E-state index contributed by atoms with van der Waals surface area (Å²) in [5.41, 5.74) is 1.84. The first-order valence-corrected chi connectivity index (χ1v) is 8.95. The summed E-state index contributed by atoms with van der Waals surface area (Å²) < 4.78 is 1.79. The first-order chi connectivity index (χ1) is 12.7. The summed E-state index contributed by atoms with van der Waals surface area (Å²) in [6.07, 6.45) is 3.69. The monoisotopic (exact) mass is 356 g/mol. The number of rotatable bonds is 6. The Morgan fingerprint density at radius 3 is 2.58 bits per heavy atom. The number of nitrogens with one attached hydrogen (secondary N) is 3. The molecule has 8 nitrogen and oxygen atoms in total. The minimum Gasteiger partial charge on any atom is -0.352 e. The largest absolute Gasteiger partial charge is 0.352 e. The van der Waals surface area contributed by atoms with Gasteiger partial charge in [0, 0.05) is 18.7 Å². The van der Waals surface area contributed by atoms with E-state index in [0.29, 0.717) is 30.4 Å². The fourth-order valence-corrected chi connectivity index (χ4v) is 2.94. The Kier molecular flexibility index (Phi) is 5.96. The summed E-state index contributed by atoms with van der Waals surface area (Å²) >= 11 is 0. The van der Waals surface area contributed by atoms with Crippen molar-refractivity contribution in [3.05, 3.63) is 47.3 Å². The average Bonchev–Trinajstić information content (AvgIpc) is 3.18. The van der Waals surface area contributed by atoms with Crippen LogP contribution in [0.15, 0.2) is 30.5 Å². The van der Waals surface area contributed by atoms with Gasteiger partial charge in [0.05, 0.1) is 12.2 Å². The van der Waals surface area contributed by atoms with E-state index >= 15 is 0 Å². The molecule has 1 fully saturated rings. The van der Waals surface area contributed by atoms with Crippen molar-refractivity contribution in [2.24, 2.45) is 0 Å². The van der Waals surface area contributed by atoms with Gasteiger partial charge in [-0.15, -0.1) is 5.10 Å². The number of aromatic nitrogens is 3. The zero-order chi connectivity index (χ0) is 18.4. The Bertz CT molecular complexity index is 749. The van der Waals surface area contributed by atoms with Gasteiger partial charge in [-0.2, -0.15) is 0 Å². The van der Waals surface area contributed by atoms with Gasteiger partial charge in [-0.25, -0.2) is 4.68 Å². The minimum absolute atomic E-state index is 0.0994. The highest BCUT2D eigenvalue weighted by molar-refractivity contribution is 5.94. The van der Waals surface area contributed by atoms with Gasteiger partial charge in [-0.05, 0) is 50.6 Å². The van der Waals surface area contributed by atoms with Crippen molar-refractivity contribution in [1.29, 1.82) is 0 Å². The Hall–Kier alpha value is -2.74. The number of nitrogens with zero attached hydrogens (tertiary/aromatic N) is 3. The van der Waals surface area contributed by atoms with Crippen LogP contribution in [-0.2, 0) is 6.54 Å². The summed E-state index contributed by atoms with van der Waals surface area (Å²) in [5.74, 6) is -0.351. The van der Waals surface area contributed by atoms with Crippen LogP contribution in [0.2, 0.25) is 0 Å². The van der Waals surface area contributed by atoms with Crippen LogP contribution in [0, 0.1) is 0 Å². The van der Waals surface area contributed by atoms with Gasteiger partial charge in [0.25, 0.3) is 11.8 Å². The Labute approximate surface area is 152 Å². The molecule has 1 aliphatic heterocycles. The van der Waals surface area contributed by atoms with Crippen LogP contribution in [0.1, 0.15) is 52.2 Å². The van der Waals surface area contributed by atoms with Crippen molar-refractivity contribution in [3.63, 3.8) is 0 Å². The van der Waals surface area contributed by atoms with E-state index in [1.807, 2.05) is 19.1 Å². The Balaban J connectivity index is 1.54. The van der Waals surface area contributed by atoms with Gasteiger partial charge in [0.1, 0.15) is 0 Å². The third-order valence-corrected chi connectivity index (χ3v) is 4.43. The number of piperidine rings is 1. The molecule has 2 aromatic rings. The first-order valence-electron chi connectivity index (χ1n) is 8.95. The van der Waals surface area contributed by atoms with Gasteiger partial charge in [-0.1, -0.05) is 17.3 Å². The molecular formula is C18H24N6O2. The normalized spacial score (nSPS) is 14.8. The van der Waals surface area contributed by atoms with Crippen LogP contribution >= 0.6 is 0 Å². The van der Waals surface area contributed by atoms with Crippen LogP contribution in [0.5, 0.6) is 0 Å². The average molecular weight is 356 g/mol. The molecule has 3 rings (SSSR count). The van der Waals surface area contributed by atoms with Crippen molar-refractivity contribution in [1.82, 2.24) is 30.9 Å². The molecule has 1 saturated heterocycles. The molecule has 0 unspecified atom stereocenters. The van der Waals surface area contributed by atoms with E-state index in [2.05, 4.69) is 26.3 Å². The Morgan fingerprint density at radius 2 is 1.88 bits per heavy atom. The lowest BCUT2D eigenvalue weighted by Gasteiger charge is -2.22. The fraction of sp³-hybridized carbons (Fsp3) is 0.444. The van der Waals surface area contributed by atoms with Gasteiger partial charge < -0.3 is 16.0 Å². The van der Waals surface area contributed by atoms with Crippen molar-refractivity contribution in [3.8, 4) is 0 Å². The van der Waals surface area contributed by atoms with Crippen LogP contribution in [0.4, 0.5) is 0 Å². The molecule has 1 aromatic heterocycles. The summed E-state index contributed by atoms with van der Waals surface area (Å²) in [4.78, 5) is 24.0. The maximum absolute atomic E-state index is 12.3. The highest BCUT2D eigenvalue weighted by Gasteiger charge is 2.18. The third-order valence-electron chi connectivity index (χ3n) is 4.43. The molecule has 0 atom stereocenters. The van der Waals surface area contributed by atoms with E-state index in [4.69, 9.17) is 0 Å². The molecule has 2 heterocycles. The lowest BCUT2D eigenvalue weighted by molar-refractivity contribution is 0.0940. The van der Waals surface area contributed by atoms with Crippen LogP contribution < -0.4 is 16.0 Å². The van der Waals surface area contributed by atoms with Crippen LogP contribution in [0.3, 0.4) is 0 Å². The number of hydrogen-bond donors (Lipinski definition) is 3. The molecule has 0 bridgehead atoms. The molecule has 8 heteroatoms. The summed E-state index contributed by atoms with van der Waals surface area (Å²) in [6.45, 7) is 4.75. The van der Waals surface area contributed by atoms with Crippen molar-refractivity contribution < 1.29 is 9.59 Å². The molecule has 0 aliphatic carbocycles. The van der Waals surface area contributed by atoms with E-state index in [0.717, 1.165) is 31.5 Å². The molecule has 2 amide bonds. The number of carbonyl (C=O) groups is 2. The van der Waals surface area contributed by atoms with Gasteiger partial charge in [0.2, 0.25) is 0 Å². The van der Waals surface area contributed by atoms with E-state index in [1.165, 1.54) is 0 Å². The summed E-state index contributed by atoms with van der Waals surface area (Å²) in [6, 6.07) is 7.46. The van der Waals surface area contributed by atoms with Crippen molar-refractivity contribution in [2.45, 2.75) is 32.4 Å². The molecule has 138 valence electrons. The van der Waals surface area contributed by atoms with E-state index in [9.17, 15) is 9.59 Å². The summed E-state index contributed by atoms with van der Waals surface area (Å²) in [5, 5.41) is 17.0. The lowest BCUT2D eigenvalue weighted by atomic mass is 10.1. The predicted molar refractivity (Wildman–Crippen MR) is 96.8 cm³/mol. The zero-order valence-corrected chi connectivity index (χ0v) is 14.9. The molecule has 1 aromatic carbocycles. The SMILES string of the molecule is CCNC(=O)c1ccc(CNC(=O)c2cn(C3CCNCC3)nn2)cc1. The molecule has 0 saturated carbocycles. The number of benzene rings is 1. The fourth-order valence-electron chi connectivity index (χ4n) is 2.94. The second-order valence-electron chi connectivity index (χ2n) is 6.30. The zero-order valence-electron chi connectivity index (χ0n) is 14.9. The molecule has 3 N–H and O–H groups in total. The second kappa shape index (κ2) is 8.57. The second-order valence-corrected chi connectivity index (χ2v) is 6.30. The topological polar surface area (TPSA) is 101 Å². The van der Waals surface area contributed by atoms with E-state index in [-0.39, 0.29) is 11.8 Å². The minimum atomic E-state index is -0.252. The lowest BCUT2D eigenvalue weighted by Crippen LogP contribution is -2.29. The third kappa shape index (κ3) is 4.45. The maximum atomic E-state index is 12.3. The van der Waals surface area contributed by atoms with E-state index in [1.54, 1.807) is 23.0 Å². The number of hydrogen-bond acceptors (Lipinski definition) is 5. The maximum Gasteiger partial charge on any atom is 0.273 e. The highest BCUT2D eigenvalue weighted by Crippen LogP contribution is 2.17. The Morgan fingerprint density at radius 1 is 1.15 bits per heavy atom. The number of carbonyl (C=O) groups excluding carboxylic acids is 2. The summed E-state index contributed by atoms with van der Waals surface area (Å²) in [7, 11) is 0. The van der Waals surface area contributed by atoms with Crippen LogP contribution in [-0.4, -0.2) is 46.4 Å². The smallest absolute Gasteiger partial charge is 0.273 e.